The Morgan fingerprint density at radius 3 is 2.84 bits per heavy atom. The van der Waals surface area contributed by atoms with Gasteiger partial charge in [0.2, 0.25) is 0 Å². The molecule has 0 amide bonds. The maximum absolute atomic E-state index is 5.92. The number of aromatic nitrogens is 1. The molecule has 1 aliphatic heterocycles. The lowest BCUT2D eigenvalue weighted by Gasteiger charge is -2.22. The predicted molar refractivity (Wildman–Crippen MR) is 81.5 cm³/mol. The summed E-state index contributed by atoms with van der Waals surface area (Å²) in [4.78, 5) is 0. The fourth-order valence-electron chi connectivity index (χ4n) is 3.36. The Kier molecular flexibility index (Phi) is 2.94. The molecule has 0 fully saturated rings. The van der Waals surface area contributed by atoms with Crippen LogP contribution in [0.5, 0.6) is 0 Å². The molecule has 102 valence electrons. The van der Waals surface area contributed by atoms with Crippen molar-refractivity contribution in [3.8, 4) is 0 Å². The smallest absolute Gasteiger partial charge is 0.0517 e. The standard InChI is InChI=1S/C17H24N2/c1-12-15(10-17(2,3)11-18)14-8-4-6-13-7-5-9-19(12)16(13)14/h4,6,8H,5,7,9-11,18H2,1-3H3. The summed E-state index contributed by atoms with van der Waals surface area (Å²) >= 11 is 0. The SMILES string of the molecule is Cc1c(CC(C)(C)CN)c2cccc3c2n1CCC3. The third-order valence-corrected chi connectivity index (χ3v) is 4.59. The van der Waals surface area contributed by atoms with E-state index in [0.29, 0.717) is 0 Å². The van der Waals surface area contributed by atoms with Gasteiger partial charge in [0.1, 0.15) is 0 Å². The maximum Gasteiger partial charge on any atom is 0.0517 e. The van der Waals surface area contributed by atoms with Gasteiger partial charge in [-0.15, -0.1) is 0 Å². The highest BCUT2D eigenvalue weighted by molar-refractivity contribution is 5.88. The van der Waals surface area contributed by atoms with Crippen LogP contribution in [-0.2, 0) is 19.4 Å². The number of hydrogen-bond acceptors (Lipinski definition) is 1. The summed E-state index contributed by atoms with van der Waals surface area (Å²) in [5.41, 5.74) is 12.1. The van der Waals surface area contributed by atoms with Crippen LogP contribution in [0.25, 0.3) is 10.9 Å². The van der Waals surface area contributed by atoms with Crippen LogP contribution in [0.1, 0.15) is 37.1 Å². The molecule has 0 aliphatic carbocycles. The van der Waals surface area contributed by atoms with E-state index in [2.05, 4.69) is 43.5 Å². The van der Waals surface area contributed by atoms with E-state index in [0.717, 1.165) is 13.0 Å². The Labute approximate surface area is 115 Å². The Balaban J connectivity index is 2.21. The first-order chi connectivity index (χ1) is 9.03. The van der Waals surface area contributed by atoms with E-state index in [1.165, 1.54) is 47.1 Å². The van der Waals surface area contributed by atoms with Crippen LogP contribution in [-0.4, -0.2) is 11.1 Å². The van der Waals surface area contributed by atoms with Gasteiger partial charge in [-0.3, -0.25) is 0 Å². The van der Waals surface area contributed by atoms with Gasteiger partial charge in [0.05, 0.1) is 5.52 Å². The van der Waals surface area contributed by atoms with Gasteiger partial charge in [-0.25, -0.2) is 0 Å². The highest BCUT2D eigenvalue weighted by Crippen LogP contribution is 2.35. The van der Waals surface area contributed by atoms with Crippen LogP contribution in [0.3, 0.4) is 0 Å². The summed E-state index contributed by atoms with van der Waals surface area (Å²) < 4.78 is 2.52. The van der Waals surface area contributed by atoms with Crippen molar-refractivity contribution in [1.82, 2.24) is 4.57 Å². The lowest BCUT2D eigenvalue weighted by atomic mass is 9.85. The van der Waals surface area contributed by atoms with Crippen molar-refractivity contribution in [3.05, 3.63) is 35.0 Å². The lowest BCUT2D eigenvalue weighted by Crippen LogP contribution is -2.26. The quantitative estimate of drug-likeness (QED) is 0.896. The zero-order valence-electron chi connectivity index (χ0n) is 12.3. The summed E-state index contributed by atoms with van der Waals surface area (Å²) in [6, 6.07) is 6.79. The Morgan fingerprint density at radius 2 is 2.11 bits per heavy atom. The molecule has 2 heterocycles. The Morgan fingerprint density at radius 1 is 1.32 bits per heavy atom. The topological polar surface area (TPSA) is 30.9 Å². The second kappa shape index (κ2) is 4.38. The molecule has 0 atom stereocenters. The van der Waals surface area contributed by atoms with Crippen LogP contribution in [0.2, 0.25) is 0 Å². The van der Waals surface area contributed by atoms with E-state index in [4.69, 9.17) is 5.73 Å². The molecule has 1 aromatic heterocycles. The number of hydrogen-bond donors (Lipinski definition) is 1. The average Bonchev–Trinajstić information content (AvgIpc) is 2.67. The summed E-state index contributed by atoms with van der Waals surface area (Å²) in [5.74, 6) is 0. The molecular weight excluding hydrogens is 232 g/mol. The molecule has 0 radical (unpaired) electrons. The first-order valence-corrected chi connectivity index (χ1v) is 7.33. The molecule has 2 heteroatoms. The number of nitrogens with zero attached hydrogens (tertiary/aromatic N) is 1. The normalized spacial score (nSPS) is 15.2. The van der Waals surface area contributed by atoms with Gasteiger partial charge in [0, 0.05) is 17.6 Å². The van der Waals surface area contributed by atoms with Crippen LogP contribution in [0.15, 0.2) is 18.2 Å². The Hall–Kier alpha value is -1.28. The van der Waals surface area contributed by atoms with Crippen molar-refractivity contribution in [1.29, 1.82) is 0 Å². The largest absolute Gasteiger partial charge is 0.344 e. The molecule has 2 aromatic rings. The predicted octanol–water partition coefficient (Wildman–Crippen LogP) is 3.42. The molecule has 1 aliphatic rings. The number of nitrogens with two attached hydrogens (primary N) is 1. The van der Waals surface area contributed by atoms with Gasteiger partial charge in [-0.05, 0) is 49.3 Å². The molecular formula is C17H24N2. The van der Waals surface area contributed by atoms with Crippen molar-refractivity contribution < 1.29 is 0 Å². The first-order valence-electron chi connectivity index (χ1n) is 7.33. The van der Waals surface area contributed by atoms with Crippen LogP contribution >= 0.6 is 0 Å². The van der Waals surface area contributed by atoms with Crippen molar-refractivity contribution in [2.45, 2.75) is 46.6 Å². The third kappa shape index (κ3) is 1.99. The van der Waals surface area contributed by atoms with Crippen LogP contribution < -0.4 is 5.73 Å². The monoisotopic (exact) mass is 256 g/mol. The second-order valence-corrected chi connectivity index (χ2v) is 6.68. The molecule has 2 N–H and O–H groups in total. The van der Waals surface area contributed by atoms with E-state index >= 15 is 0 Å². The van der Waals surface area contributed by atoms with Crippen molar-refractivity contribution >= 4 is 10.9 Å². The maximum atomic E-state index is 5.92. The lowest BCUT2D eigenvalue weighted by molar-refractivity contribution is 0.376. The molecule has 0 bridgehead atoms. The fraction of sp³-hybridized carbons (Fsp3) is 0.529. The minimum Gasteiger partial charge on any atom is -0.344 e. The van der Waals surface area contributed by atoms with Gasteiger partial charge in [0.15, 0.2) is 0 Å². The molecule has 0 unspecified atom stereocenters. The van der Waals surface area contributed by atoms with Crippen LogP contribution in [0, 0.1) is 12.3 Å². The zero-order valence-corrected chi connectivity index (χ0v) is 12.3. The van der Waals surface area contributed by atoms with Crippen molar-refractivity contribution in [2.75, 3.05) is 6.54 Å². The molecule has 0 spiro atoms. The molecule has 2 nitrogen and oxygen atoms in total. The minimum absolute atomic E-state index is 0.175. The van der Waals surface area contributed by atoms with Gasteiger partial charge >= 0.3 is 0 Å². The van der Waals surface area contributed by atoms with E-state index in [1.807, 2.05) is 0 Å². The van der Waals surface area contributed by atoms with Crippen LogP contribution in [0.4, 0.5) is 0 Å². The van der Waals surface area contributed by atoms with E-state index in [9.17, 15) is 0 Å². The molecule has 0 saturated heterocycles. The molecule has 19 heavy (non-hydrogen) atoms. The summed E-state index contributed by atoms with van der Waals surface area (Å²) in [6.07, 6.45) is 3.56. The highest BCUT2D eigenvalue weighted by Gasteiger charge is 2.24. The summed E-state index contributed by atoms with van der Waals surface area (Å²) in [5, 5.41) is 1.45. The molecule has 1 aromatic carbocycles. The summed E-state index contributed by atoms with van der Waals surface area (Å²) in [7, 11) is 0. The zero-order chi connectivity index (χ0) is 13.6. The first kappa shape index (κ1) is 12.7. The minimum atomic E-state index is 0.175. The van der Waals surface area contributed by atoms with E-state index in [-0.39, 0.29) is 5.41 Å². The summed E-state index contributed by atoms with van der Waals surface area (Å²) in [6.45, 7) is 8.70. The fourth-order valence-corrected chi connectivity index (χ4v) is 3.36. The van der Waals surface area contributed by atoms with Gasteiger partial charge in [-0.1, -0.05) is 32.0 Å². The molecule has 3 rings (SSSR count). The van der Waals surface area contributed by atoms with Crippen molar-refractivity contribution in [3.63, 3.8) is 0 Å². The highest BCUT2D eigenvalue weighted by atomic mass is 15.0. The van der Waals surface area contributed by atoms with Gasteiger partial charge in [0.25, 0.3) is 0 Å². The van der Waals surface area contributed by atoms with E-state index < -0.39 is 0 Å². The van der Waals surface area contributed by atoms with E-state index in [1.54, 1.807) is 0 Å². The third-order valence-electron chi connectivity index (χ3n) is 4.59. The number of para-hydroxylation sites is 1. The second-order valence-electron chi connectivity index (χ2n) is 6.68. The number of aryl methyl sites for hydroxylation is 2. The average molecular weight is 256 g/mol. The molecule has 0 saturated carbocycles. The number of rotatable bonds is 3. The Bertz CT molecular complexity index is 620. The van der Waals surface area contributed by atoms with Crippen molar-refractivity contribution in [2.24, 2.45) is 11.1 Å². The van der Waals surface area contributed by atoms with Gasteiger partial charge in [-0.2, -0.15) is 0 Å². The number of benzene rings is 1. The van der Waals surface area contributed by atoms with Gasteiger partial charge < -0.3 is 10.3 Å².